The number of hydrogen-bond donors (Lipinski definition) is 1. The molecule has 5 heteroatoms. The van der Waals surface area contributed by atoms with E-state index in [1.54, 1.807) is 17.0 Å². The Bertz CT molecular complexity index is 1120. The summed E-state index contributed by atoms with van der Waals surface area (Å²) in [5, 5.41) is 20.3. The van der Waals surface area contributed by atoms with E-state index in [-0.39, 0.29) is 17.4 Å². The molecule has 3 aromatic rings. The van der Waals surface area contributed by atoms with E-state index in [4.69, 9.17) is 0 Å². The van der Waals surface area contributed by atoms with Gasteiger partial charge in [0.25, 0.3) is 5.91 Å². The first-order valence-electron chi connectivity index (χ1n) is 8.54. The second-order valence-electron chi connectivity index (χ2n) is 6.14. The lowest BCUT2D eigenvalue weighted by Crippen LogP contribution is -2.30. The summed E-state index contributed by atoms with van der Waals surface area (Å²) < 4.78 is 0. The summed E-state index contributed by atoms with van der Waals surface area (Å²) in [6.07, 6.45) is 3.13. The molecule has 1 aliphatic rings. The zero-order chi connectivity index (χ0) is 18.8. The molecule has 1 N–H and O–H groups in total. The molecular formula is C22H17N3O2. The zero-order valence-electron chi connectivity index (χ0n) is 14.5. The Morgan fingerprint density at radius 2 is 1.81 bits per heavy atom. The molecule has 0 radical (unpaired) electrons. The van der Waals surface area contributed by atoms with Gasteiger partial charge in [0.05, 0.1) is 11.9 Å². The fraction of sp³-hybridized carbons (Fsp3) is 0.0455. The minimum atomic E-state index is -0.212. The number of benzene rings is 3. The van der Waals surface area contributed by atoms with E-state index in [9.17, 15) is 9.90 Å². The number of phenolic OH excluding ortho intramolecular Hbond substituents is 1. The van der Waals surface area contributed by atoms with Crippen molar-refractivity contribution in [3.8, 4) is 5.75 Å². The fourth-order valence-electron chi connectivity index (χ4n) is 3.19. The summed E-state index contributed by atoms with van der Waals surface area (Å²) >= 11 is 0. The molecule has 132 valence electrons. The molecule has 0 spiro atoms. The highest BCUT2D eigenvalue weighted by Crippen LogP contribution is 2.30. The number of carbonyl (C=O) groups is 1. The smallest absolute Gasteiger partial charge is 0.279 e. The van der Waals surface area contributed by atoms with E-state index in [1.165, 1.54) is 6.21 Å². The lowest BCUT2D eigenvalue weighted by molar-refractivity contribution is -0.112. The molecule has 0 saturated heterocycles. The van der Waals surface area contributed by atoms with Crippen LogP contribution in [-0.2, 0) is 4.79 Å². The number of hydrogen-bond acceptors (Lipinski definition) is 4. The molecule has 0 atom stereocenters. The molecule has 0 bridgehead atoms. The number of amides is 1. The molecule has 27 heavy (non-hydrogen) atoms. The number of fused-ring (bicyclic) bond motifs is 2. The van der Waals surface area contributed by atoms with Gasteiger partial charge in [-0.2, -0.15) is 5.10 Å². The average molecular weight is 355 g/mol. The molecular weight excluding hydrogens is 338 g/mol. The Balaban J connectivity index is 1.70. The summed E-state index contributed by atoms with van der Waals surface area (Å²) in [5.41, 5.74) is 2.36. The molecule has 1 aliphatic heterocycles. The van der Waals surface area contributed by atoms with Crippen LogP contribution in [-0.4, -0.2) is 29.5 Å². The van der Waals surface area contributed by atoms with Crippen LogP contribution in [0, 0.1) is 0 Å². The van der Waals surface area contributed by atoms with Crippen LogP contribution in [0.2, 0.25) is 0 Å². The molecule has 1 amide bonds. The minimum Gasteiger partial charge on any atom is -0.507 e. The van der Waals surface area contributed by atoms with E-state index in [0.717, 1.165) is 22.0 Å². The van der Waals surface area contributed by atoms with Crippen LogP contribution < -0.4 is 4.90 Å². The monoisotopic (exact) mass is 355 g/mol. The van der Waals surface area contributed by atoms with Crippen LogP contribution >= 0.6 is 0 Å². The molecule has 1 heterocycles. The first-order chi connectivity index (χ1) is 13.2. The molecule has 0 aromatic heterocycles. The van der Waals surface area contributed by atoms with Crippen LogP contribution in [0.25, 0.3) is 10.8 Å². The predicted molar refractivity (Wildman–Crippen MR) is 109 cm³/mol. The largest absolute Gasteiger partial charge is 0.507 e. The number of anilines is 1. The first-order valence-corrected chi connectivity index (χ1v) is 8.54. The van der Waals surface area contributed by atoms with Gasteiger partial charge in [0.15, 0.2) is 5.71 Å². The number of aromatic hydroxyl groups is 1. The van der Waals surface area contributed by atoms with E-state index < -0.39 is 0 Å². The van der Waals surface area contributed by atoms with Gasteiger partial charge in [-0.1, -0.05) is 54.6 Å². The van der Waals surface area contributed by atoms with Crippen molar-refractivity contribution >= 4 is 34.3 Å². The van der Waals surface area contributed by atoms with Crippen molar-refractivity contribution in [2.24, 2.45) is 10.2 Å². The van der Waals surface area contributed by atoms with Crippen molar-refractivity contribution in [3.63, 3.8) is 0 Å². The van der Waals surface area contributed by atoms with Crippen LogP contribution in [0.3, 0.4) is 0 Å². The highest BCUT2D eigenvalue weighted by Gasteiger charge is 2.32. The van der Waals surface area contributed by atoms with Gasteiger partial charge in [-0.3, -0.25) is 4.79 Å². The SMILES string of the molecule is C=CCN1C(=O)/C(=N/N=C\c2ccc3ccccc3c2O)c2ccccc21. The maximum atomic E-state index is 12.7. The Morgan fingerprint density at radius 3 is 2.67 bits per heavy atom. The average Bonchev–Trinajstić information content (AvgIpc) is 2.96. The van der Waals surface area contributed by atoms with Crippen molar-refractivity contribution in [2.45, 2.75) is 0 Å². The summed E-state index contributed by atoms with van der Waals surface area (Å²) in [5.74, 6) is -0.0699. The number of phenols is 1. The van der Waals surface area contributed by atoms with E-state index in [1.807, 2.05) is 54.6 Å². The lowest BCUT2D eigenvalue weighted by atomic mass is 10.1. The van der Waals surface area contributed by atoms with Crippen LogP contribution in [0.15, 0.2) is 83.5 Å². The maximum absolute atomic E-state index is 12.7. The van der Waals surface area contributed by atoms with Crippen molar-refractivity contribution in [3.05, 3.63) is 84.4 Å². The summed E-state index contributed by atoms with van der Waals surface area (Å²) in [6.45, 7) is 4.11. The van der Waals surface area contributed by atoms with Gasteiger partial charge in [-0.15, -0.1) is 11.7 Å². The van der Waals surface area contributed by atoms with Crippen molar-refractivity contribution < 1.29 is 9.90 Å². The molecule has 0 fully saturated rings. The molecule has 0 aliphatic carbocycles. The number of rotatable bonds is 4. The Labute approximate surface area is 156 Å². The normalized spacial score (nSPS) is 15.0. The predicted octanol–water partition coefficient (Wildman–Crippen LogP) is 3.90. The Morgan fingerprint density at radius 1 is 1.04 bits per heavy atom. The highest BCUT2D eigenvalue weighted by atomic mass is 16.3. The molecule has 0 unspecified atom stereocenters. The third-order valence-corrected chi connectivity index (χ3v) is 4.50. The van der Waals surface area contributed by atoms with Gasteiger partial charge in [-0.05, 0) is 17.5 Å². The van der Waals surface area contributed by atoms with Gasteiger partial charge < -0.3 is 10.0 Å². The van der Waals surface area contributed by atoms with Crippen molar-refractivity contribution in [1.82, 2.24) is 0 Å². The van der Waals surface area contributed by atoms with Crippen molar-refractivity contribution in [2.75, 3.05) is 11.4 Å². The van der Waals surface area contributed by atoms with Crippen molar-refractivity contribution in [1.29, 1.82) is 0 Å². The molecule has 3 aromatic carbocycles. The second-order valence-corrected chi connectivity index (χ2v) is 6.14. The van der Waals surface area contributed by atoms with Crippen LogP contribution in [0.4, 0.5) is 5.69 Å². The molecule has 4 rings (SSSR count). The van der Waals surface area contributed by atoms with Gasteiger partial charge in [0.2, 0.25) is 0 Å². The second kappa shape index (κ2) is 6.88. The van der Waals surface area contributed by atoms with Crippen LogP contribution in [0.5, 0.6) is 5.75 Å². The molecule has 0 saturated carbocycles. The van der Waals surface area contributed by atoms with Gasteiger partial charge in [0.1, 0.15) is 5.75 Å². The molecule has 5 nitrogen and oxygen atoms in total. The quantitative estimate of drug-likeness (QED) is 0.438. The summed E-state index contributed by atoms with van der Waals surface area (Å²) in [6, 6.07) is 18.7. The highest BCUT2D eigenvalue weighted by molar-refractivity contribution is 6.54. The van der Waals surface area contributed by atoms with E-state index in [2.05, 4.69) is 16.8 Å². The maximum Gasteiger partial charge on any atom is 0.279 e. The third-order valence-electron chi connectivity index (χ3n) is 4.50. The minimum absolute atomic E-state index is 0.142. The van der Waals surface area contributed by atoms with Crippen LogP contribution in [0.1, 0.15) is 11.1 Å². The lowest BCUT2D eigenvalue weighted by Gasteiger charge is -2.13. The topological polar surface area (TPSA) is 65.3 Å². The standard InChI is InChI=1S/C22H17N3O2/c1-2-13-25-19-10-6-5-9-18(19)20(22(25)27)24-23-14-16-12-11-15-7-3-4-8-17(15)21(16)26/h2-12,14,26H,1,13H2/b23-14-,24-20+. The number of para-hydroxylation sites is 1. The number of carbonyl (C=O) groups excluding carboxylic acids is 1. The third kappa shape index (κ3) is 2.89. The zero-order valence-corrected chi connectivity index (χ0v) is 14.5. The first kappa shape index (κ1) is 16.7. The Hall–Kier alpha value is -3.73. The van der Waals surface area contributed by atoms with E-state index in [0.29, 0.717) is 12.1 Å². The van der Waals surface area contributed by atoms with E-state index >= 15 is 0 Å². The summed E-state index contributed by atoms with van der Waals surface area (Å²) in [7, 11) is 0. The van der Waals surface area contributed by atoms with Gasteiger partial charge in [-0.25, -0.2) is 0 Å². The van der Waals surface area contributed by atoms with Gasteiger partial charge in [0, 0.05) is 23.1 Å². The Kier molecular flexibility index (Phi) is 4.26. The number of nitrogens with zero attached hydrogens (tertiary/aromatic N) is 3. The fourth-order valence-corrected chi connectivity index (χ4v) is 3.19. The summed E-state index contributed by atoms with van der Waals surface area (Å²) in [4.78, 5) is 14.3. The van der Waals surface area contributed by atoms with Gasteiger partial charge >= 0.3 is 0 Å².